The Morgan fingerprint density at radius 2 is 2.08 bits per heavy atom. The lowest BCUT2D eigenvalue weighted by molar-refractivity contribution is -0.122. The van der Waals surface area contributed by atoms with Crippen molar-refractivity contribution in [3.8, 4) is 0 Å². The van der Waals surface area contributed by atoms with Crippen molar-refractivity contribution >= 4 is 16.7 Å². The highest BCUT2D eigenvalue weighted by Gasteiger charge is 2.14. The first-order valence-electron chi connectivity index (χ1n) is 8.12. The Hall–Kier alpha value is -2.90. The third kappa shape index (κ3) is 4.34. The maximum Gasteiger partial charge on any atom is 0.220 e. The van der Waals surface area contributed by atoms with Crippen molar-refractivity contribution in [2.75, 3.05) is 6.61 Å². The molecule has 0 unspecified atom stereocenters. The molecule has 1 amide bonds. The van der Waals surface area contributed by atoms with E-state index in [2.05, 4.69) is 17.4 Å². The van der Waals surface area contributed by atoms with Gasteiger partial charge in [0, 0.05) is 11.8 Å². The van der Waals surface area contributed by atoms with E-state index in [0.717, 1.165) is 21.9 Å². The first-order valence-corrected chi connectivity index (χ1v) is 8.12. The summed E-state index contributed by atoms with van der Waals surface area (Å²) in [6.07, 6.45) is 0.681. The summed E-state index contributed by atoms with van der Waals surface area (Å²) in [7, 11) is 0. The Morgan fingerprint density at radius 1 is 1.20 bits per heavy atom. The van der Waals surface area contributed by atoms with Crippen LogP contribution in [0.3, 0.4) is 0 Å². The number of aliphatic hydroxyl groups excluding tert-OH is 1. The Labute approximate surface area is 146 Å². The van der Waals surface area contributed by atoms with Gasteiger partial charge in [0.15, 0.2) is 0 Å². The molecule has 0 aliphatic rings. The summed E-state index contributed by atoms with van der Waals surface area (Å²) in [4.78, 5) is 12.2. The SMILES string of the molecule is O=C(CCc1cccc(F)c1)N[C@@H](CO)c1ccc2c#cccc2c1. The third-order valence-electron chi connectivity index (χ3n) is 4.08. The minimum absolute atomic E-state index is 0.184. The van der Waals surface area contributed by atoms with E-state index in [-0.39, 0.29) is 24.8 Å². The van der Waals surface area contributed by atoms with E-state index in [1.54, 1.807) is 18.2 Å². The van der Waals surface area contributed by atoms with Gasteiger partial charge in [0.25, 0.3) is 0 Å². The van der Waals surface area contributed by atoms with E-state index in [1.807, 2.05) is 24.3 Å². The summed E-state index contributed by atoms with van der Waals surface area (Å²) in [5.41, 5.74) is 1.60. The number of hydrogen-bond donors (Lipinski definition) is 2. The predicted octanol–water partition coefficient (Wildman–Crippen LogP) is 3.36. The number of amides is 1. The van der Waals surface area contributed by atoms with E-state index >= 15 is 0 Å². The van der Waals surface area contributed by atoms with Crippen molar-refractivity contribution in [2.24, 2.45) is 0 Å². The van der Waals surface area contributed by atoms with E-state index < -0.39 is 6.04 Å². The zero-order valence-electron chi connectivity index (χ0n) is 13.6. The molecule has 3 nitrogen and oxygen atoms in total. The molecule has 0 saturated heterocycles. The average Bonchev–Trinajstić information content (AvgIpc) is 2.64. The molecule has 0 aliphatic carbocycles. The van der Waals surface area contributed by atoms with Crippen LogP contribution in [-0.4, -0.2) is 17.6 Å². The lowest BCUT2D eigenvalue weighted by Gasteiger charge is -2.17. The second kappa shape index (κ2) is 7.78. The highest BCUT2D eigenvalue weighted by atomic mass is 19.1. The van der Waals surface area contributed by atoms with E-state index in [9.17, 15) is 14.3 Å². The van der Waals surface area contributed by atoms with E-state index in [0.29, 0.717) is 6.42 Å². The monoisotopic (exact) mass is 335 g/mol. The first-order chi connectivity index (χ1) is 12.2. The van der Waals surface area contributed by atoms with Crippen LogP contribution in [0.5, 0.6) is 0 Å². The summed E-state index contributed by atoms with van der Waals surface area (Å²) in [6, 6.07) is 21.0. The molecule has 3 aromatic carbocycles. The number of carbonyl (C=O) groups is 1. The number of benzene rings is 2. The lowest BCUT2D eigenvalue weighted by Crippen LogP contribution is -2.30. The van der Waals surface area contributed by atoms with Gasteiger partial charge in [0.05, 0.1) is 12.6 Å². The maximum absolute atomic E-state index is 13.2. The maximum atomic E-state index is 13.2. The number of nitrogens with one attached hydrogen (secondary N) is 1. The fourth-order valence-corrected chi connectivity index (χ4v) is 2.75. The molecular formula is C21H18FNO2. The molecule has 0 fully saturated rings. The molecule has 3 rings (SSSR count). The molecule has 126 valence electrons. The van der Waals surface area contributed by atoms with Gasteiger partial charge < -0.3 is 10.4 Å². The number of aliphatic hydroxyl groups is 1. The molecule has 1 atom stereocenters. The molecule has 0 aromatic heterocycles. The van der Waals surface area contributed by atoms with Gasteiger partial charge in [0.2, 0.25) is 5.91 Å². The third-order valence-corrected chi connectivity index (χ3v) is 4.08. The normalized spacial score (nSPS) is 11.8. The molecule has 0 saturated carbocycles. The van der Waals surface area contributed by atoms with Crippen molar-refractivity contribution in [3.05, 3.63) is 83.7 Å². The standard InChI is InChI=1S/C21H18FNO2/c22-19-7-3-4-15(12-19)8-11-21(25)23-20(14-24)18-10-9-16-5-1-2-6-17(16)13-18/h2-4,6-7,9-10,12-13,20,24H,8,11,14H2,(H,23,25)/t20-/m0/s1. The zero-order chi connectivity index (χ0) is 17.6. The van der Waals surface area contributed by atoms with Crippen molar-refractivity contribution in [1.82, 2.24) is 5.32 Å². The number of fused-ring (bicyclic) bond motifs is 1. The Kier molecular flexibility index (Phi) is 5.27. The summed E-state index contributed by atoms with van der Waals surface area (Å²) >= 11 is 0. The van der Waals surface area contributed by atoms with Crippen molar-refractivity contribution in [2.45, 2.75) is 18.9 Å². The first kappa shape index (κ1) is 16.9. The van der Waals surface area contributed by atoms with Crippen LogP contribution in [0.1, 0.15) is 23.6 Å². The Balaban J connectivity index is 1.65. The minimum Gasteiger partial charge on any atom is -0.394 e. The van der Waals surface area contributed by atoms with Crippen LogP contribution in [0.2, 0.25) is 0 Å². The molecular weight excluding hydrogens is 317 g/mol. The summed E-state index contributed by atoms with van der Waals surface area (Å²) in [5, 5.41) is 14.4. The number of aryl methyl sites for hydroxylation is 1. The molecule has 4 heteroatoms. The van der Waals surface area contributed by atoms with Crippen LogP contribution in [0.25, 0.3) is 10.8 Å². The summed E-state index contributed by atoms with van der Waals surface area (Å²) < 4.78 is 13.2. The largest absolute Gasteiger partial charge is 0.394 e. The van der Waals surface area contributed by atoms with Gasteiger partial charge in [-0.15, -0.1) is 0 Å². The second-order valence-electron chi connectivity index (χ2n) is 5.88. The average molecular weight is 335 g/mol. The topological polar surface area (TPSA) is 49.3 Å². The molecule has 0 spiro atoms. The Morgan fingerprint density at radius 3 is 2.88 bits per heavy atom. The number of carbonyl (C=O) groups excluding carboxylic acids is 1. The van der Waals surface area contributed by atoms with Crippen molar-refractivity contribution in [1.29, 1.82) is 0 Å². The highest BCUT2D eigenvalue weighted by molar-refractivity contribution is 5.82. The van der Waals surface area contributed by atoms with Gasteiger partial charge >= 0.3 is 0 Å². The van der Waals surface area contributed by atoms with E-state index in [1.165, 1.54) is 12.1 Å². The number of rotatable bonds is 6. The van der Waals surface area contributed by atoms with E-state index in [4.69, 9.17) is 0 Å². The van der Waals surface area contributed by atoms with Crippen LogP contribution in [-0.2, 0) is 11.2 Å². The van der Waals surface area contributed by atoms with Gasteiger partial charge in [-0.1, -0.05) is 30.3 Å². The van der Waals surface area contributed by atoms with Crippen LogP contribution in [0.15, 0.2) is 54.6 Å². The number of halogens is 1. The minimum atomic E-state index is -0.478. The lowest BCUT2D eigenvalue weighted by atomic mass is 10.0. The van der Waals surface area contributed by atoms with Gasteiger partial charge in [-0.3, -0.25) is 4.79 Å². The molecule has 2 N–H and O–H groups in total. The Bertz CT molecular complexity index is 878. The molecule has 0 heterocycles. The fourth-order valence-electron chi connectivity index (χ4n) is 2.75. The van der Waals surface area contributed by atoms with Crippen LogP contribution in [0.4, 0.5) is 4.39 Å². The van der Waals surface area contributed by atoms with Gasteiger partial charge in [0.1, 0.15) is 5.82 Å². The van der Waals surface area contributed by atoms with Crippen molar-refractivity contribution < 1.29 is 14.3 Å². The van der Waals surface area contributed by atoms with Crippen LogP contribution < -0.4 is 5.32 Å². The molecule has 25 heavy (non-hydrogen) atoms. The highest BCUT2D eigenvalue weighted by Crippen LogP contribution is 2.19. The zero-order valence-corrected chi connectivity index (χ0v) is 13.6. The van der Waals surface area contributed by atoms with Gasteiger partial charge in [-0.05, 0) is 59.3 Å². The summed E-state index contributed by atoms with van der Waals surface area (Å²) in [5.74, 6) is -0.493. The predicted molar refractivity (Wildman–Crippen MR) is 94.3 cm³/mol. The molecule has 0 radical (unpaired) electrons. The molecule has 0 bridgehead atoms. The fraction of sp³-hybridized carbons (Fsp3) is 0.190. The molecule has 3 aromatic rings. The number of hydrogen-bond acceptors (Lipinski definition) is 2. The second-order valence-corrected chi connectivity index (χ2v) is 5.88. The van der Waals surface area contributed by atoms with Gasteiger partial charge in [-0.2, -0.15) is 0 Å². The van der Waals surface area contributed by atoms with Crippen molar-refractivity contribution in [3.63, 3.8) is 0 Å². The van der Waals surface area contributed by atoms with Gasteiger partial charge in [-0.25, -0.2) is 4.39 Å². The van der Waals surface area contributed by atoms with Crippen LogP contribution >= 0.6 is 0 Å². The van der Waals surface area contributed by atoms with Crippen LogP contribution in [0, 0.1) is 17.9 Å². The molecule has 0 aliphatic heterocycles. The quantitative estimate of drug-likeness (QED) is 0.726. The smallest absolute Gasteiger partial charge is 0.220 e. The summed E-state index contributed by atoms with van der Waals surface area (Å²) in [6.45, 7) is -0.195.